The normalized spacial score (nSPS) is 14.6. The van der Waals surface area contributed by atoms with Crippen molar-refractivity contribution in [3.8, 4) is 0 Å². The molecule has 88 valence electrons. The summed E-state index contributed by atoms with van der Waals surface area (Å²) < 4.78 is 0. The number of hydrogen-bond donors (Lipinski definition) is 1. The molecule has 1 N–H and O–H groups in total. The minimum absolute atomic E-state index is 0.358. The molecule has 0 aromatic rings. The summed E-state index contributed by atoms with van der Waals surface area (Å²) in [6, 6.07) is 0. The minimum atomic E-state index is -0.847. The van der Waals surface area contributed by atoms with Gasteiger partial charge < -0.3 is 5.11 Å². The first kappa shape index (κ1) is 14.2. The maximum absolute atomic E-state index is 10.7. The third kappa shape index (κ3) is 6.32. The first-order valence-electron chi connectivity index (χ1n) is 5.92. The van der Waals surface area contributed by atoms with Crippen LogP contribution in [0.2, 0.25) is 0 Å². The third-order valence-corrected chi connectivity index (χ3v) is 2.97. The van der Waals surface area contributed by atoms with Crippen LogP contribution in [-0.2, 0) is 4.79 Å². The van der Waals surface area contributed by atoms with Gasteiger partial charge in [0.2, 0.25) is 0 Å². The highest BCUT2D eigenvalue weighted by molar-refractivity contribution is 5.85. The fourth-order valence-electron chi connectivity index (χ4n) is 1.88. The summed E-state index contributed by atoms with van der Waals surface area (Å²) in [5.74, 6) is 0.331. The fraction of sp³-hybridized carbons (Fsp3) is 0.769. The molecule has 2 unspecified atom stereocenters. The molecule has 2 atom stereocenters. The van der Waals surface area contributed by atoms with Gasteiger partial charge in [-0.25, -0.2) is 4.79 Å². The van der Waals surface area contributed by atoms with Gasteiger partial charge in [0.1, 0.15) is 0 Å². The van der Waals surface area contributed by atoms with Gasteiger partial charge in [-0.1, -0.05) is 46.6 Å². The Bertz CT molecular complexity index is 209. The molecule has 0 bridgehead atoms. The molecule has 15 heavy (non-hydrogen) atoms. The fourth-order valence-corrected chi connectivity index (χ4v) is 1.88. The molecule has 0 aliphatic rings. The van der Waals surface area contributed by atoms with Crippen LogP contribution in [0, 0.1) is 11.8 Å². The lowest BCUT2D eigenvalue weighted by atomic mass is 9.86. The topological polar surface area (TPSA) is 37.3 Å². The molecule has 2 heteroatoms. The molecule has 0 saturated carbocycles. The molecule has 0 saturated heterocycles. The number of carboxylic acid groups (broad SMARTS) is 1. The Kier molecular flexibility index (Phi) is 7.10. The highest BCUT2D eigenvalue weighted by Gasteiger charge is 2.15. The summed E-state index contributed by atoms with van der Waals surface area (Å²) in [5, 5.41) is 8.79. The second kappa shape index (κ2) is 7.49. The van der Waals surface area contributed by atoms with Gasteiger partial charge in [-0.05, 0) is 24.7 Å². The zero-order valence-corrected chi connectivity index (χ0v) is 10.3. The van der Waals surface area contributed by atoms with E-state index in [2.05, 4.69) is 27.4 Å². The molecule has 0 amide bonds. The highest BCUT2D eigenvalue weighted by atomic mass is 16.4. The maximum Gasteiger partial charge on any atom is 0.330 e. The summed E-state index contributed by atoms with van der Waals surface area (Å²) >= 11 is 0. The first-order chi connectivity index (χ1) is 7.01. The monoisotopic (exact) mass is 212 g/mol. The van der Waals surface area contributed by atoms with Gasteiger partial charge in [0.05, 0.1) is 0 Å². The largest absolute Gasteiger partial charge is 0.478 e. The van der Waals surface area contributed by atoms with Crippen LogP contribution in [0.15, 0.2) is 12.2 Å². The van der Waals surface area contributed by atoms with Crippen LogP contribution in [0.3, 0.4) is 0 Å². The van der Waals surface area contributed by atoms with Crippen molar-refractivity contribution in [2.24, 2.45) is 11.8 Å². The van der Waals surface area contributed by atoms with Crippen molar-refractivity contribution in [3.63, 3.8) is 0 Å². The molecular formula is C13H24O2. The van der Waals surface area contributed by atoms with E-state index in [-0.39, 0.29) is 0 Å². The van der Waals surface area contributed by atoms with Crippen molar-refractivity contribution < 1.29 is 9.90 Å². The number of carboxylic acids is 1. The Balaban J connectivity index is 4.14. The van der Waals surface area contributed by atoms with Gasteiger partial charge >= 0.3 is 5.97 Å². The Hall–Kier alpha value is -0.790. The van der Waals surface area contributed by atoms with Crippen molar-refractivity contribution in [1.29, 1.82) is 0 Å². The lowest BCUT2D eigenvalue weighted by Crippen LogP contribution is -2.10. The first-order valence-corrected chi connectivity index (χ1v) is 5.92. The van der Waals surface area contributed by atoms with E-state index in [1.807, 2.05) is 0 Å². The van der Waals surface area contributed by atoms with Gasteiger partial charge in [0, 0.05) is 5.57 Å². The molecule has 0 fully saturated rings. The molecule has 0 spiro atoms. The van der Waals surface area contributed by atoms with Gasteiger partial charge in [-0.3, -0.25) is 0 Å². The van der Waals surface area contributed by atoms with E-state index >= 15 is 0 Å². The van der Waals surface area contributed by atoms with E-state index in [0.29, 0.717) is 23.8 Å². The lowest BCUT2D eigenvalue weighted by Gasteiger charge is -2.19. The molecule has 2 nitrogen and oxygen atoms in total. The van der Waals surface area contributed by atoms with E-state index in [1.54, 1.807) is 0 Å². The Morgan fingerprint density at radius 1 is 1.40 bits per heavy atom. The Morgan fingerprint density at radius 2 is 2.00 bits per heavy atom. The number of rotatable bonds is 8. The quantitative estimate of drug-likeness (QED) is 0.620. The standard InChI is InChI=1S/C13H24O2/c1-5-7-12(8-10(3)6-2)9-11(4)13(14)15/h10,12H,4-9H2,1-3H3,(H,14,15). The highest BCUT2D eigenvalue weighted by Crippen LogP contribution is 2.25. The van der Waals surface area contributed by atoms with Crippen LogP contribution in [0.4, 0.5) is 0 Å². The number of carbonyl (C=O) groups is 1. The molecule has 0 aromatic heterocycles. The average Bonchev–Trinajstić information content (AvgIpc) is 2.17. The number of hydrogen-bond acceptors (Lipinski definition) is 1. The van der Waals surface area contributed by atoms with Crippen LogP contribution in [-0.4, -0.2) is 11.1 Å². The van der Waals surface area contributed by atoms with Crippen molar-refractivity contribution >= 4 is 5.97 Å². The molecule has 0 aromatic carbocycles. The predicted octanol–water partition coefficient (Wildman–Crippen LogP) is 3.87. The molecule has 0 radical (unpaired) electrons. The van der Waals surface area contributed by atoms with E-state index in [9.17, 15) is 4.79 Å². The predicted molar refractivity (Wildman–Crippen MR) is 63.9 cm³/mol. The van der Waals surface area contributed by atoms with Gasteiger partial charge in [-0.2, -0.15) is 0 Å². The average molecular weight is 212 g/mol. The zero-order chi connectivity index (χ0) is 11.8. The zero-order valence-electron chi connectivity index (χ0n) is 10.3. The van der Waals surface area contributed by atoms with E-state index < -0.39 is 5.97 Å². The molecule has 0 rings (SSSR count). The summed E-state index contributed by atoms with van der Waals surface area (Å²) in [6.45, 7) is 10.2. The SMILES string of the molecule is C=C(CC(CCC)CC(C)CC)C(=O)O. The van der Waals surface area contributed by atoms with E-state index in [4.69, 9.17) is 5.11 Å². The second-order valence-electron chi connectivity index (χ2n) is 4.52. The summed E-state index contributed by atoms with van der Waals surface area (Å²) in [7, 11) is 0. The van der Waals surface area contributed by atoms with Crippen LogP contribution < -0.4 is 0 Å². The number of aliphatic carboxylic acids is 1. The maximum atomic E-state index is 10.7. The third-order valence-electron chi connectivity index (χ3n) is 2.97. The lowest BCUT2D eigenvalue weighted by molar-refractivity contribution is -0.132. The van der Waals surface area contributed by atoms with Gasteiger partial charge in [-0.15, -0.1) is 0 Å². The smallest absolute Gasteiger partial charge is 0.330 e. The van der Waals surface area contributed by atoms with Gasteiger partial charge in [0.15, 0.2) is 0 Å². The summed E-state index contributed by atoms with van der Waals surface area (Å²) in [5.41, 5.74) is 0.358. The molecular weight excluding hydrogens is 188 g/mol. The van der Waals surface area contributed by atoms with Crippen LogP contribution >= 0.6 is 0 Å². The Morgan fingerprint density at radius 3 is 2.40 bits per heavy atom. The van der Waals surface area contributed by atoms with E-state index in [1.165, 1.54) is 6.42 Å². The van der Waals surface area contributed by atoms with Crippen molar-refractivity contribution in [2.75, 3.05) is 0 Å². The summed E-state index contributed by atoms with van der Waals surface area (Å²) in [4.78, 5) is 10.7. The van der Waals surface area contributed by atoms with Crippen molar-refractivity contribution in [2.45, 2.75) is 52.9 Å². The van der Waals surface area contributed by atoms with Crippen LogP contribution in [0.25, 0.3) is 0 Å². The van der Waals surface area contributed by atoms with Crippen LogP contribution in [0.1, 0.15) is 52.9 Å². The molecule has 0 aliphatic heterocycles. The van der Waals surface area contributed by atoms with Crippen LogP contribution in [0.5, 0.6) is 0 Å². The van der Waals surface area contributed by atoms with Gasteiger partial charge in [0.25, 0.3) is 0 Å². The Labute approximate surface area is 93.4 Å². The minimum Gasteiger partial charge on any atom is -0.478 e. The summed E-state index contributed by atoms with van der Waals surface area (Å²) in [6.07, 6.45) is 5.16. The second-order valence-corrected chi connectivity index (χ2v) is 4.52. The van der Waals surface area contributed by atoms with E-state index in [0.717, 1.165) is 19.3 Å². The van der Waals surface area contributed by atoms with Crippen molar-refractivity contribution in [3.05, 3.63) is 12.2 Å². The molecule has 0 heterocycles. The van der Waals surface area contributed by atoms with Crippen molar-refractivity contribution in [1.82, 2.24) is 0 Å². The molecule has 0 aliphatic carbocycles.